The molecule has 2 amide bonds. The number of hydrogen-bond acceptors (Lipinski definition) is 3. The normalized spacial score (nSPS) is 22.6. The summed E-state index contributed by atoms with van der Waals surface area (Å²) < 4.78 is 11.1. The molecule has 1 heterocycles. The Bertz CT molecular complexity index is 461. The van der Waals surface area contributed by atoms with E-state index in [1.165, 1.54) is 5.56 Å². The summed E-state index contributed by atoms with van der Waals surface area (Å²) in [6.07, 6.45) is 0.943. The van der Waals surface area contributed by atoms with Crippen LogP contribution in [0.15, 0.2) is 24.3 Å². The van der Waals surface area contributed by atoms with Crippen LogP contribution in [0.25, 0.3) is 0 Å². The highest BCUT2D eigenvalue weighted by atomic mass is 16.5. The van der Waals surface area contributed by atoms with Gasteiger partial charge < -0.3 is 20.1 Å². The number of hydrogen-bond donors (Lipinski definition) is 2. The van der Waals surface area contributed by atoms with Crippen molar-refractivity contribution in [2.75, 3.05) is 13.2 Å². The van der Waals surface area contributed by atoms with Crippen molar-refractivity contribution in [3.63, 3.8) is 0 Å². The molecule has 2 rings (SSSR count). The SMILES string of the molecule is Cc1ccc(OC[C@H](C)NC(=O)N[C@H]2CCO[C@H]2C)cc1. The summed E-state index contributed by atoms with van der Waals surface area (Å²) in [4.78, 5) is 11.9. The zero-order chi connectivity index (χ0) is 15.2. The molecule has 21 heavy (non-hydrogen) atoms. The number of rotatable bonds is 5. The highest BCUT2D eigenvalue weighted by Crippen LogP contribution is 2.13. The second kappa shape index (κ2) is 7.31. The number of amides is 2. The Morgan fingerprint density at radius 3 is 2.76 bits per heavy atom. The van der Waals surface area contributed by atoms with Gasteiger partial charge in [-0.15, -0.1) is 0 Å². The van der Waals surface area contributed by atoms with E-state index in [2.05, 4.69) is 10.6 Å². The Morgan fingerprint density at radius 1 is 1.43 bits per heavy atom. The highest BCUT2D eigenvalue weighted by Gasteiger charge is 2.25. The molecule has 0 spiro atoms. The van der Waals surface area contributed by atoms with Crippen molar-refractivity contribution in [3.8, 4) is 5.75 Å². The smallest absolute Gasteiger partial charge is 0.315 e. The van der Waals surface area contributed by atoms with Crippen LogP contribution in [0, 0.1) is 6.92 Å². The molecular formula is C16H24N2O3. The molecule has 1 aliphatic heterocycles. The molecule has 0 saturated carbocycles. The molecule has 0 aliphatic carbocycles. The van der Waals surface area contributed by atoms with Crippen molar-refractivity contribution in [3.05, 3.63) is 29.8 Å². The largest absolute Gasteiger partial charge is 0.491 e. The fourth-order valence-corrected chi connectivity index (χ4v) is 2.25. The summed E-state index contributed by atoms with van der Waals surface area (Å²) in [5, 5.41) is 5.81. The van der Waals surface area contributed by atoms with Crippen LogP contribution in [0.1, 0.15) is 25.8 Å². The lowest BCUT2D eigenvalue weighted by atomic mass is 10.2. The minimum absolute atomic E-state index is 0.0658. The summed E-state index contributed by atoms with van der Waals surface area (Å²) >= 11 is 0. The number of aryl methyl sites for hydroxylation is 1. The van der Waals surface area contributed by atoms with E-state index in [0.717, 1.165) is 12.2 Å². The predicted molar refractivity (Wildman–Crippen MR) is 81.6 cm³/mol. The molecule has 0 unspecified atom stereocenters. The van der Waals surface area contributed by atoms with Gasteiger partial charge in [-0.2, -0.15) is 0 Å². The average molecular weight is 292 g/mol. The van der Waals surface area contributed by atoms with Crippen LogP contribution >= 0.6 is 0 Å². The van der Waals surface area contributed by atoms with Gasteiger partial charge in [0.15, 0.2) is 0 Å². The van der Waals surface area contributed by atoms with Crippen LogP contribution in [0.2, 0.25) is 0 Å². The van der Waals surface area contributed by atoms with Crippen LogP contribution in [0.5, 0.6) is 5.75 Å². The van der Waals surface area contributed by atoms with Gasteiger partial charge in [0.25, 0.3) is 0 Å². The molecular weight excluding hydrogens is 268 g/mol. The lowest BCUT2D eigenvalue weighted by Crippen LogP contribution is -2.48. The molecule has 5 heteroatoms. The fourth-order valence-electron chi connectivity index (χ4n) is 2.25. The third kappa shape index (κ3) is 4.93. The lowest BCUT2D eigenvalue weighted by molar-refractivity contribution is 0.114. The van der Waals surface area contributed by atoms with Gasteiger partial charge >= 0.3 is 6.03 Å². The quantitative estimate of drug-likeness (QED) is 0.875. The van der Waals surface area contributed by atoms with Crippen molar-refractivity contribution in [2.45, 2.75) is 45.4 Å². The molecule has 1 fully saturated rings. The molecule has 116 valence electrons. The number of carbonyl (C=O) groups excluding carboxylic acids is 1. The van der Waals surface area contributed by atoms with Gasteiger partial charge in [-0.1, -0.05) is 17.7 Å². The van der Waals surface area contributed by atoms with E-state index in [1.54, 1.807) is 0 Å². The first kappa shape index (κ1) is 15.6. The number of nitrogens with one attached hydrogen (secondary N) is 2. The van der Waals surface area contributed by atoms with E-state index in [9.17, 15) is 4.79 Å². The van der Waals surface area contributed by atoms with Crippen molar-refractivity contribution in [2.24, 2.45) is 0 Å². The second-order valence-corrected chi connectivity index (χ2v) is 5.61. The fraction of sp³-hybridized carbons (Fsp3) is 0.562. The van der Waals surface area contributed by atoms with E-state index in [1.807, 2.05) is 45.0 Å². The summed E-state index contributed by atoms with van der Waals surface area (Å²) in [6, 6.07) is 7.72. The Balaban J connectivity index is 1.69. The Morgan fingerprint density at radius 2 is 2.14 bits per heavy atom. The Hall–Kier alpha value is -1.75. The number of ether oxygens (including phenoxy) is 2. The maximum atomic E-state index is 11.9. The minimum atomic E-state index is -0.169. The molecule has 0 radical (unpaired) electrons. The molecule has 5 nitrogen and oxygen atoms in total. The lowest BCUT2D eigenvalue weighted by Gasteiger charge is -2.19. The minimum Gasteiger partial charge on any atom is -0.491 e. The summed E-state index contributed by atoms with van der Waals surface area (Å²) in [5.74, 6) is 0.812. The standard InChI is InChI=1S/C16H24N2O3/c1-11-4-6-14(7-5-11)21-10-12(2)17-16(19)18-15-8-9-20-13(15)3/h4-7,12-13,15H,8-10H2,1-3H3,(H2,17,18,19)/t12-,13-,15-/m0/s1. The van der Waals surface area contributed by atoms with Crippen molar-refractivity contribution in [1.29, 1.82) is 0 Å². The van der Waals surface area contributed by atoms with Crippen LogP contribution in [0.3, 0.4) is 0 Å². The molecule has 1 aromatic rings. The van der Waals surface area contributed by atoms with E-state index in [-0.39, 0.29) is 24.2 Å². The van der Waals surface area contributed by atoms with Gasteiger partial charge in [0, 0.05) is 6.61 Å². The van der Waals surface area contributed by atoms with Crippen molar-refractivity contribution < 1.29 is 14.3 Å². The predicted octanol–water partition coefficient (Wildman–Crippen LogP) is 2.24. The highest BCUT2D eigenvalue weighted by molar-refractivity contribution is 5.74. The maximum Gasteiger partial charge on any atom is 0.315 e. The van der Waals surface area contributed by atoms with Gasteiger partial charge in [0.2, 0.25) is 0 Å². The summed E-state index contributed by atoms with van der Waals surface area (Å²) in [7, 11) is 0. The molecule has 2 N–H and O–H groups in total. The number of benzene rings is 1. The third-order valence-electron chi connectivity index (χ3n) is 3.59. The Labute approximate surface area is 126 Å². The number of carbonyl (C=O) groups is 1. The number of urea groups is 1. The summed E-state index contributed by atoms with van der Waals surface area (Å²) in [6.45, 7) is 7.07. The van der Waals surface area contributed by atoms with Crippen molar-refractivity contribution in [1.82, 2.24) is 10.6 Å². The molecule has 3 atom stereocenters. The van der Waals surface area contributed by atoms with Crippen molar-refractivity contribution >= 4 is 6.03 Å². The van der Waals surface area contributed by atoms with Gasteiger partial charge in [-0.05, 0) is 39.3 Å². The van der Waals surface area contributed by atoms with E-state index < -0.39 is 0 Å². The van der Waals surface area contributed by atoms with E-state index in [4.69, 9.17) is 9.47 Å². The maximum absolute atomic E-state index is 11.9. The first-order valence-electron chi connectivity index (χ1n) is 7.42. The second-order valence-electron chi connectivity index (χ2n) is 5.61. The molecule has 1 aromatic carbocycles. The first-order valence-corrected chi connectivity index (χ1v) is 7.42. The average Bonchev–Trinajstić information content (AvgIpc) is 2.83. The van der Waals surface area contributed by atoms with Crippen LogP contribution in [-0.4, -0.2) is 37.4 Å². The molecule has 1 saturated heterocycles. The molecule has 0 bridgehead atoms. The van der Waals surface area contributed by atoms with Gasteiger partial charge in [-0.3, -0.25) is 0 Å². The zero-order valence-electron chi connectivity index (χ0n) is 12.9. The van der Waals surface area contributed by atoms with E-state index >= 15 is 0 Å². The zero-order valence-corrected chi connectivity index (χ0v) is 12.9. The molecule has 1 aliphatic rings. The van der Waals surface area contributed by atoms with Gasteiger partial charge in [0.05, 0.1) is 18.2 Å². The van der Waals surface area contributed by atoms with Gasteiger partial charge in [-0.25, -0.2) is 4.79 Å². The summed E-state index contributed by atoms with van der Waals surface area (Å²) in [5.41, 5.74) is 1.20. The molecule has 0 aromatic heterocycles. The van der Waals surface area contributed by atoms with Crippen LogP contribution in [0.4, 0.5) is 4.79 Å². The third-order valence-corrected chi connectivity index (χ3v) is 3.59. The van der Waals surface area contributed by atoms with Gasteiger partial charge in [0.1, 0.15) is 12.4 Å². The van der Waals surface area contributed by atoms with E-state index in [0.29, 0.717) is 13.2 Å². The van der Waals surface area contributed by atoms with Crippen LogP contribution < -0.4 is 15.4 Å². The monoisotopic (exact) mass is 292 g/mol. The first-order chi connectivity index (χ1) is 10.0. The van der Waals surface area contributed by atoms with Crippen LogP contribution in [-0.2, 0) is 4.74 Å². The Kier molecular flexibility index (Phi) is 5.44. The topological polar surface area (TPSA) is 59.6 Å².